The molecule has 0 unspecified atom stereocenters. The highest BCUT2D eigenvalue weighted by molar-refractivity contribution is 5.44. The maximum atomic E-state index is 4.54. The number of rotatable bonds is 4. The van der Waals surface area contributed by atoms with Crippen LogP contribution in [0, 0.1) is 19.8 Å². The van der Waals surface area contributed by atoms with Gasteiger partial charge >= 0.3 is 0 Å². The van der Waals surface area contributed by atoms with Crippen LogP contribution in [0.4, 0.5) is 5.95 Å². The van der Waals surface area contributed by atoms with Crippen LogP contribution in [0.3, 0.4) is 0 Å². The molecule has 0 amide bonds. The van der Waals surface area contributed by atoms with E-state index in [9.17, 15) is 0 Å². The molecule has 0 fully saturated rings. The molecule has 1 heterocycles. The highest BCUT2D eigenvalue weighted by Crippen LogP contribution is 2.17. The van der Waals surface area contributed by atoms with Gasteiger partial charge in [-0.3, -0.25) is 4.57 Å². The average molecular weight is 243 g/mol. The number of aryl methyl sites for hydroxylation is 2. The predicted molar refractivity (Wildman–Crippen MR) is 76.4 cm³/mol. The molecule has 0 radical (unpaired) electrons. The van der Waals surface area contributed by atoms with Crippen molar-refractivity contribution in [2.75, 3.05) is 11.9 Å². The Bertz CT molecular complexity index is 526. The molecule has 96 valence electrons. The molecule has 3 heteroatoms. The minimum absolute atomic E-state index is 0.605. The third-order valence-electron chi connectivity index (χ3n) is 2.77. The van der Waals surface area contributed by atoms with Gasteiger partial charge in [0.05, 0.1) is 5.69 Å². The number of hydrogen-bond donors (Lipinski definition) is 1. The maximum Gasteiger partial charge on any atom is 0.207 e. The number of anilines is 1. The summed E-state index contributed by atoms with van der Waals surface area (Å²) in [5, 5.41) is 3.40. The lowest BCUT2D eigenvalue weighted by molar-refractivity contribution is 0.683. The van der Waals surface area contributed by atoms with Crippen molar-refractivity contribution >= 4 is 5.95 Å². The number of benzene rings is 1. The minimum Gasteiger partial charge on any atom is -0.355 e. The first kappa shape index (κ1) is 12.7. The third-order valence-corrected chi connectivity index (χ3v) is 2.77. The molecule has 0 aliphatic rings. The van der Waals surface area contributed by atoms with Crippen molar-refractivity contribution in [2.45, 2.75) is 27.7 Å². The fourth-order valence-electron chi connectivity index (χ4n) is 1.89. The van der Waals surface area contributed by atoms with Gasteiger partial charge in [0.1, 0.15) is 0 Å². The molecule has 18 heavy (non-hydrogen) atoms. The van der Waals surface area contributed by atoms with Crippen LogP contribution in [0.5, 0.6) is 0 Å². The summed E-state index contributed by atoms with van der Waals surface area (Å²) in [5.74, 6) is 1.53. The first-order valence-electron chi connectivity index (χ1n) is 6.43. The van der Waals surface area contributed by atoms with Crippen molar-refractivity contribution in [1.29, 1.82) is 0 Å². The Balaban J connectivity index is 2.32. The summed E-state index contributed by atoms with van der Waals surface area (Å²) in [6.07, 6.45) is 2.07. The normalized spacial score (nSPS) is 10.9. The highest BCUT2D eigenvalue weighted by atomic mass is 15.2. The van der Waals surface area contributed by atoms with E-state index in [0.29, 0.717) is 5.92 Å². The second kappa shape index (κ2) is 5.25. The van der Waals surface area contributed by atoms with Gasteiger partial charge in [-0.05, 0) is 37.5 Å². The standard InChI is InChI=1S/C15H21N3/c1-11(2)9-16-15-17-13(4)10-18(15)14-7-5-6-12(3)8-14/h5-8,10-11H,9H2,1-4H3,(H,16,17). The predicted octanol–water partition coefficient (Wildman–Crippen LogP) is 3.56. The molecule has 0 bridgehead atoms. The monoisotopic (exact) mass is 243 g/mol. The molecule has 0 aliphatic heterocycles. The molecule has 0 saturated heterocycles. The molecule has 2 rings (SSSR count). The third kappa shape index (κ3) is 2.92. The van der Waals surface area contributed by atoms with Gasteiger partial charge in [-0.1, -0.05) is 26.0 Å². The van der Waals surface area contributed by atoms with Gasteiger partial charge in [-0.2, -0.15) is 0 Å². The van der Waals surface area contributed by atoms with Crippen molar-refractivity contribution in [3.8, 4) is 5.69 Å². The van der Waals surface area contributed by atoms with Crippen LogP contribution < -0.4 is 5.32 Å². The fourth-order valence-corrected chi connectivity index (χ4v) is 1.89. The average Bonchev–Trinajstić information content (AvgIpc) is 2.68. The van der Waals surface area contributed by atoms with E-state index in [1.54, 1.807) is 0 Å². The van der Waals surface area contributed by atoms with Crippen LogP contribution in [0.15, 0.2) is 30.5 Å². The minimum atomic E-state index is 0.605. The number of hydrogen-bond acceptors (Lipinski definition) is 2. The summed E-state index contributed by atoms with van der Waals surface area (Å²) < 4.78 is 2.12. The summed E-state index contributed by atoms with van der Waals surface area (Å²) in [7, 11) is 0. The Labute approximate surface area is 109 Å². The van der Waals surface area contributed by atoms with Crippen LogP contribution in [0.2, 0.25) is 0 Å². The van der Waals surface area contributed by atoms with Gasteiger partial charge in [0.25, 0.3) is 0 Å². The van der Waals surface area contributed by atoms with E-state index in [1.165, 1.54) is 5.56 Å². The Kier molecular flexibility index (Phi) is 3.70. The molecule has 1 aromatic heterocycles. The Morgan fingerprint density at radius 2 is 2.06 bits per heavy atom. The zero-order valence-corrected chi connectivity index (χ0v) is 11.6. The number of nitrogens with zero attached hydrogens (tertiary/aromatic N) is 2. The van der Waals surface area contributed by atoms with E-state index in [2.05, 4.69) is 66.1 Å². The van der Waals surface area contributed by atoms with Crippen molar-refractivity contribution in [1.82, 2.24) is 9.55 Å². The summed E-state index contributed by atoms with van der Waals surface area (Å²) in [6.45, 7) is 9.45. The van der Waals surface area contributed by atoms with Gasteiger partial charge in [-0.25, -0.2) is 4.98 Å². The molecule has 1 N–H and O–H groups in total. The van der Waals surface area contributed by atoms with Crippen LogP contribution in [0.1, 0.15) is 25.1 Å². The molecule has 2 aromatic rings. The van der Waals surface area contributed by atoms with Crippen molar-refractivity contribution in [3.05, 3.63) is 41.7 Å². The van der Waals surface area contributed by atoms with E-state index >= 15 is 0 Å². The van der Waals surface area contributed by atoms with Gasteiger partial charge in [0, 0.05) is 18.4 Å². The number of nitrogens with one attached hydrogen (secondary N) is 1. The first-order valence-corrected chi connectivity index (χ1v) is 6.43. The number of aromatic nitrogens is 2. The summed E-state index contributed by atoms with van der Waals surface area (Å²) in [4.78, 5) is 4.54. The van der Waals surface area contributed by atoms with Gasteiger partial charge in [0.2, 0.25) is 5.95 Å². The van der Waals surface area contributed by atoms with E-state index in [-0.39, 0.29) is 0 Å². The zero-order chi connectivity index (χ0) is 13.1. The quantitative estimate of drug-likeness (QED) is 0.890. The zero-order valence-electron chi connectivity index (χ0n) is 11.6. The SMILES string of the molecule is Cc1cccc(-n2cc(C)nc2NCC(C)C)c1. The molecule has 0 spiro atoms. The summed E-state index contributed by atoms with van der Waals surface area (Å²) >= 11 is 0. The van der Waals surface area contributed by atoms with Crippen LogP contribution in [-0.4, -0.2) is 16.1 Å². The van der Waals surface area contributed by atoms with Crippen LogP contribution in [-0.2, 0) is 0 Å². The highest BCUT2D eigenvalue weighted by Gasteiger charge is 2.07. The molecular weight excluding hydrogens is 222 g/mol. The van der Waals surface area contributed by atoms with Gasteiger partial charge < -0.3 is 5.32 Å². The summed E-state index contributed by atoms with van der Waals surface area (Å²) in [5.41, 5.74) is 3.44. The lowest BCUT2D eigenvalue weighted by Crippen LogP contribution is -2.12. The Morgan fingerprint density at radius 3 is 2.72 bits per heavy atom. The lowest BCUT2D eigenvalue weighted by atomic mass is 10.2. The van der Waals surface area contributed by atoms with Crippen molar-refractivity contribution in [3.63, 3.8) is 0 Å². The molecule has 0 atom stereocenters. The second-order valence-electron chi connectivity index (χ2n) is 5.19. The van der Waals surface area contributed by atoms with Crippen LogP contribution in [0.25, 0.3) is 5.69 Å². The largest absolute Gasteiger partial charge is 0.355 e. The van der Waals surface area contributed by atoms with E-state index in [1.807, 2.05) is 6.92 Å². The molecule has 0 saturated carbocycles. The van der Waals surface area contributed by atoms with E-state index in [0.717, 1.165) is 23.9 Å². The molecule has 3 nitrogen and oxygen atoms in total. The summed E-state index contributed by atoms with van der Waals surface area (Å²) in [6, 6.07) is 8.46. The molecule has 0 aliphatic carbocycles. The van der Waals surface area contributed by atoms with E-state index in [4.69, 9.17) is 0 Å². The van der Waals surface area contributed by atoms with Gasteiger partial charge in [-0.15, -0.1) is 0 Å². The Hall–Kier alpha value is -1.77. The van der Waals surface area contributed by atoms with Crippen LogP contribution >= 0.6 is 0 Å². The topological polar surface area (TPSA) is 29.9 Å². The van der Waals surface area contributed by atoms with Gasteiger partial charge in [0.15, 0.2) is 0 Å². The van der Waals surface area contributed by atoms with E-state index < -0.39 is 0 Å². The Morgan fingerprint density at radius 1 is 1.28 bits per heavy atom. The lowest BCUT2D eigenvalue weighted by Gasteiger charge is -2.11. The number of imidazole rings is 1. The van der Waals surface area contributed by atoms with Crippen molar-refractivity contribution < 1.29 is 0 Å². The maximum absolute atomic E-state index is 4.54. The fraction of sp³-hybridized carbons (Fsp3) is 0.400. The molecular formula is C15H21N3. The molecule has 1 aromatic carbocycles. The smallest absolute Gasteiger partial charge is 0.207 e. The van der Waals surface area contributed by atoms with Crippen molar-refractivity contribution in [2.24, 2.45) is 5.92 Å². The first-order chi connectivity index (χ1) is 8.56. The second-order valence-corrected chi connectivity index (χ2v) is 5.19.